The number of hydrogen-bond acceptors (Lipinski definition) is 5. The monoisotopic (exact) mass is 390 g/mol. The molecule has 1 heterocycles. The number of nitrogens with zero attached hydrogens (tertiary/aromatic N) is 1. The Kier molecular flexibility index (Phi) is 8.41. The summed E-state index contributed by atoms with van der Waals surface area (Å²) >= 11 is 0. The van der Waals surface area contributed by atoms with Gasteiger partial charge in [-0.2, -0.15) is 0 Å². The Bertz CT molecular complexity index is 652. The molecule has 0 saturated carbocycles. The fourth-order valence-electron chi connectivity index (χ4n) is 3.76. The van der Waals surface area contributed by atoms with Gasteiger partial charge in [-0.15, -0.1) is 0 Å². The summed E-state index contributed by atoms with van der Waals surface area (Å²) in [5.74, 6) is -0.553. The highest BCUT2D eigenvalue weighted by Crippen LogP contribution is 2.25. The lowest BCUT2D eigenvalue weighted by molar-refractivity contribution is -0.134. The molecule has 1 aliphatic rings. The number of amides is 3. The molecule has 28 heavy (non-hydrogen) atoms. The van der Waals surface area contributed by atoms with Gasteiger partial charge in [-0.05, 0) is 37.0 Å². The van der Waals surface area contributed by atoms with Crippen LogP contribution in [0.5, 0.6) is 0 Å². The molecule has 1 aromatic rings. The van der Waals surface area contributed by atoms with Gasteiger partial charge in [-0.25, -0.2) is 0 Å². The van der Waals surface area contributed by atoms with Crippen molar-refractivity contribution in [2.45, 2.75) is 44.4 Å². The summed E-state index contributed by atoms with van der Waals surface area (Å²) in [6.07, 6.45) is 3.42. The molecule has 0 bridgehead atoms. The molecule has 1 saturated heterocycles. The van der Waals surface area contributed by atoms with Crippen molar-refractivity contribution in [3.05, 3.63) is 29.8 Å². The average Bonchev–Trinajstić information content (AvgIpc) is 3.18. The minimum absolute atomic E-state index is 0.0857. The van der Waals surface area contributed by atoms with Crippen LogP contribution in [0.1, 0.15) is 25.3 Å². The third-order valence-corrected chi connectivity index (χ3v) is 5.33. The second-order valence-electron chi connectivity index (χ2n) is 7.15. The average molecular weight is 390 g/mol. The van der Waals surface area contributed by atoms with Crippen molar-refractivity contribution in [3.63, 3.8) is 0 Å². The van der Waals surface area contributed by atoms with Crippen LogP contribution >= 0.6 is 0 Å². The fourth-order valence-corrected chi connectivity index (χ4v) is 3.76. The first-order valence-electron chi connectivity index (χ1n) is 9.57. The van der Waals surface area contributed by atoms with Gasteiger partial charge in [0, 0.05) is 31.9 Å². The van der Waals surface area contributed by atoms with E-state index in [1.807, 2.05) is 19.1 Å². The quantitative estimate of drug-likeness (QED) is 0.477. The lowest BCUT2D eigenvalue weighted by Gasteiger charge is -2.32. The van der Waals surface area contributed by atoms with Crippen LogP contribution in [0.2, 0.25) is 0 Å². The standard InChI is InChI=1S/C20H30N4O4/c1-14(19(28-2)18-4-3-9-24(18)13-26)20(27)23-17(11-21)10-15-5-7-16(8-6-15)22-12-25/h5-8,12-14,17-19H,3-4,9-11,21H2,1-2H3,(H,22,25)(H,23,27). The number of carbonyl (C=O) groups excluding carboxylic acids is 3. The van der Waals surface area contributed by atoms with Crippen LogP contribution in [0.4, 0.5) is 5.69 Å². The highest BCUT2D eigenvalue weighted by atomic mass is 16.5. The zero-order valence-corrected chi connectivity index (χ0v) is 16.5. The first-order valence-corrected chi connectivity index (χ1v) is 9.57. The Morgan fingerprint density at radius 3 is 2.64 bits per heavy atom. The molecule has 0 aromatic heterocycles. The van der Waals surface area contributed by atoms with Crippen LogP contribution in [-0.2, 0) is 25.5 Å². The van der Waals surface area contributed by atoms with Gasteiger partial charge < -0.3 is 26.0 Å². The molecule has 4 N–H and O–H groups in total. The number of likely N-dealkylation sites (tertiary alicyclic amines) is 1. The van der Waals surface area contributed by atoms with Gasteiger partial charge in [0.2, 0.25) is 18.7 Å². The molecule has 0 aliphatic carbocycles. The first kappa shape index (κ1) is 21.8. The predicted octanol–water partition coefficient (Wildman–Crippen LogP) is 0.513. The molecule has 154 valence electrons. The second kappa shape index (κ2) is 10.8. The topological polar surface area (TPSA) is 114 Å². The van der Waals surface area contributed by atoms with Gasteiger partial charge in [0.15, 0.2) is 0 Å². The zero-order chi connectivity index (χ0) is 20.5. The summed E-state index contributed by atoms with van der Waals surface area (Å²) in [4.78, 5) is 36.2. The fraction of sp³-hybridized carbons (Fsp3) is 0.550. The van der Waals surface area contributed by atoms with E-state index in [9.17, 15) is 14.4 Å². The second-order valence-corrected chi connectivity index (χ2v) is 7.15. The maximum Gasteiger partial charge on any atom is 0.225 e. The number of carbonyl (C=O) groups is 3. The molecule has 8 nitrogen and oxygen atoms in total. The summed E-state index contributed by atoms with van der Waals surface area (Å²) in [6, 6.07) is 7.08. The van der Waals surface area contributed by atoms with Crippen molar-refractivity contribution in [2.75, 3.05) is 25.5 Å². The molecule has 4 unspecified atom stereocenters. The maximum absolute atomic E-state index is 12.8. The minimum Gasteiger partial charge on any atom is -0.378 e. The number of hydrogen-bond donors (Lipinski definition) is 3. The smallest absolute Gasteiger partial charge is 0.225 e. The van der Waals surface area contributed by atoms with E-state index >= 15 is 0 Å². The first-order chi connectivity index (χ1) is 13.5. The van der Waals surface area contributed by atoms with Gasteiger partial charge in [-0.1, -0.05) is 19.1 Å². The third-order valence-electron chi connectivity index (χ3n) is 5.33. The van der Waals surface area contributed by atoms with E-state index in [4.69, 9.17) is 10.5 Å². The highest BCUT2D eigenvalue weighted by molar-refractivity contribution is 5.79. The highest BCUT2D eigenvalue weighted by Gasteiger charge is 2.37. The number of nitrogens with one attached hydrogen (secondary N) is 2. The molecular weight excluding hydrogens is 360 g/mol. The molecule has 4 atom stereocenters. The van der Waals surface area contributed by atoms with Gasteiger partial charge in [0.1, 0.15) is 0 Å². The lowest BCUT2D eigenvalue weighted by Crippen LogP contribution is -2.51. The number of ether oxygens (including phenoxy) is 1. The third kappa shape index (κ3) is 5.53. The van der Waals surface area contributed by atoms with Gasteiger partial charge >= 0.3 is 0 Å². The van der Waals surface area contributed by atoms with Crippen LogP contribution in [0.25, 0.3) is 0 Å². The van der Waals surface area contributed by atoms with Crippen molar-refractivity contribution in [3.8, 4) is 0 Å². The molecule has 1 aromatic carbocycles. The maximum atomic E-state index is 12.8. The normalized spacial score (nSPS) is 19.5. The zero-order valence-electron chi connectivity index (χ0n) is 16.5. The van der Waals surface area contributed by atoms with Crippen molar-refractivity contribution >= 4 is 24.4 Å². The SMILES string of the molecule is COC(C(C)C(=O)NC(CN)Cc1ccc(NC=O)cc1)C1CCCN1C=O. The Morgan fingerprint density at radius 2 is 2.07 bits per heavy atom. The van der Waals surface area contributed by atoms with Crippen molar-refractivity contribution in [2.24, 2.45) is 11.7 Å². The molecule has 0 radical (unpaired) electrons. The van der Waals surface area contributed by atoms with Gasteiger partial charge in [0.05, 0.1) is 18.1 Å². The summed E-state index contributed by atoms with van der Waals surface area (Å²) < 4.78 is 5.59. The predicted molar refractivity (Wildman–Crippen MR) is 107 cm³/mol. The number of methoxy groups -OCH3 is 1. The van der Waals surface area contributed by atoms with E-state index in [1.165, 1.54) is 0 Å². The van der Waals surface area contributed by atoms with Crippen LogP contribution in [0.3, 0.4) is 0 Å². The number of anilines is 1. The summed E-state index contributed by atoms with van der Waals surface area (Å²) in [6.45, 7) is 2.81. The number of rotatable bonds is 11. The molecule has 1 fully saturated rings. The van der Waals surface area contributed by atoms with E-state index < -0.39 is 5.92 Å². The van der Waals surface area contributed by atoms with E-state index in [2.05, 4.69) is 10.6 Å². The van der Waals surface area contributed by atoms with Crippen molar-refractivity contribution in [1.29, 1.82) is 0 Å². The Balaban J connectivity index is 1.97. The van der Waals surface area contributed by atoms with Gasteiger partial charge in [-0.3, -0.25) is 14.4 Å². The Labute approximate surface area is 165 Å². The Morgan fingerprint density at radius 1 is 1.36 bits per heavy atom. The summed E-state index contributed by atoms with van der Waals surface area (Å²) in [5.41, 5.74) is 7.58. The van der Waals surface area contributed by atoms with Crippen LogP contribution in [-0.4, -0.2) is 62.0 Å². The summed E-state index contributed by atoms with van der Waals surface area (Å²) in [7, 11) is 1.57. The van der Waals surface area contributed by atoms with E-state index in [1.54, 1.807) is 24.1 Å². The van der Waals surface area contributed by atoms with E-state index in [0.717, 1.165) is 24.8 Å². The lowest BCUT2D eigenvalue weighted by atomic mass is 9.94. The van der Waals surface area contributed by atoms with Crippen LogP contribution in [0.15, 0.2) is 24.3 Å². The molecule has 3 amide bonds. The van der Waals surface area contributed by atoms with Crippen LogP contribution in [0, 0.1) is 5.92 Å². The largest absolute Gasteiger partial charge is 0.378 e. The number of benzene rings is 1. The Hall–Kier alpha value is -2.45. The van der Waals surface area contributed by atoms with Crippen molar-refractivity contribution < 1.29 is 19.1 Å². The van der Waals surface area contributed by atoms with Crippen LogP contribution < -0.4 is 16.4 Å². The van der Waals surface area contributed by atoms with Crippen molar-refractivity contribution in [1.82, 2.24) is 10.2 Å². The molecule has 2 rings (SSSR count). The molecule has 1 aliphatic heterocycles. The number of nitrogens with two attached hydrogens (primary N) is 1. The van der Waals surface area contributed by atoms with Gasteiger partial charge in [0.25, 0.3) is 0 Å². The summed E-state index contributed by atoms with van der Waals surface area (Å²) in [5, 5.41) is 5.59. The molecule has 0 spiro atoms. The van der Waals surface area contributed by atoms with E-state index in [0.29, 0.717) is 31.6 Å². The minimum atomic E-state index is -0.413. The molecule has 8 heteroatoms. The van der Waals surface area contributed by atoms with E-state index in [-0.39, 0.29) is 24.1 Å². The molecular formula is C20H30N4O4.